The van der Waals surface area contributed by atoms with E-state index in [0.717, 1.165) is 21.3 Å². The van der Waals surface area contributed by atoms with Crippen molar-refractivity contribution in [1.29, 1.82) is 5.26 Å². The van der Waals surface area contributed by atoms with Gasteiger partial charge in [-0.2, -0.15) is 5.26 Å². The van der Waals surface area contributed by atoms with Gasteiger partial charge >= 0.3 is 0 Å². The van der Waals surface area contributed by atoms with Gasteiger partial charge in [0.05, 0.1) is 24.5 Å². The zero-order valence-electron chi connectivity index (χ0n) is 12.1. The fourth-order valence-corrected chi connectivity index (χ4v) is 2.24. The Morgan fingerprint density at radius 3 is 2.86 bits per heavy atom. The van der Waals surface area contributed by atoms with E-state index in [4.69, 9.17) is 14.8 Å². The fourth-order valence-electron chi connectivity index (χ4n) is 1.86. The zero-order valence-corrected chi connectivity index (χ0v) is 13.7. The van der Waals surface area contributed by atoms with Crippen LogP contribution in [0.25, 0.3) is 0 Å². The van der Waals surface area contributed by atoms with Crippen LogP contribution in [0.2, 0.25) is 0 Å². The highest BCUT2D eigenvalue weighted by Gasteiger charge is 2.03. The van der Waals surface area contributed by atoms with Crippen molar-refractivity contribution in [3.05, 3.63) is 63.6 Å². The van der Waals surface area contributed by atoms with E-state index < -0.39 is 0 Å². The van der Waals surface area contributed by atoms with Crippen molar-refractivity contribution in [2.24, 2.45) is 5.16 Å². The van der Waals surface area contributed by atoms with Gasteiger partial charge in [-0.3, -0.25) is 0 Å². The summed E-state index contributed by atoms with van der Waals surface area (Å²) in [6, 6.07) is 15.1. The van der Waals surface area contributed by atoms with E-state index in [-0.39, 0.29) is 6.61 Å². The molecule has 0 aliphatic carbocycles. The first-order chi connectivity index (χ1) is 10.7. The predicted octanol–water partition coefficient (Wildman–Crippen LogP) is 4.27. The van der Waals surface area contributed by atoms with Gasteiger partial charge < -0.3 is 9.57 Å². The first-order valence-corrected chi connectivity index (χ1v) is 7.59. The summed E-state index contributed by atoms with van der Waals surface area (Å²) in [7, 11) is 0. The monoisotopic (exact) mass is 358 g/mol. The van der Waals surface area contributed by atoms with Gasteiger partial charge in [0.2, 0.25) is 0 Å². The average Bonchev–Trinajstić information content (AvgIpc) is 2.54. The average molecular weight is 359 g/mol. The van der Waals surface area contributed by atoms with Gasteiger partial charge in [0.25, 0.3) is 0 Å². The molecule has 22 heavy (non-hydrogen) atoms. The van der Waals surface area contributed by atoms with Crippen LogP contribution in [-0.2, 0) is 11.4 Å². The lowest BCUT2D eigenvalue weighted by Gasteiger charge is -2.07. The van der Waals surface area contributed by atoms with Crippen LogP contribution in [0.3, 0.4) is 0 Å². The van der Waals surface area contributed by atoms with Crippen LogP contribution in [0, 0.1) is 11.3 Å². The van der Waals surface area contributed by atoms with Crippen LogP contribution in [0.1, 0.15) is 23.6 Å². The van der Waals surface area contributed by atoms with Crippen molar-refractivity contribution < 1.29 is 9.57 Å². The Hall–Kier alpha value is -2.32. The number of rotatable bonds is 6. The summed E-state index contributed by atoms with van der Waals surface area (Å²) in [5, 5.41) is 13.0. The largest absolute Gasteiger partial charge is 0.493 e. The molecule has 2 aromatic carbocycles. The fraction of sp³-hybridized carbons (Fsp3) is 0.176. The standard InChI is InChI=1S/C17H15BrN2O2/c1-2-21-17-8-7-16(18)9-15(17)11-20-22-12-14-6-4-3-5-13(14)10-19/h3-9,11H,2,12H2,1H3/b20-11-. The van der Waals surface area contributed by atoms with Crippen LogP contribution < -0.4 is 4.74 Å². The molecule has 0 atom stereocenters. The maximum absolute atomic E-state index is 9.01. The lowest BCUT2D eigenvalue weighted by molar-refractivity contribution is 0.132. The van der Waals surface area contributed by atoms with E-state index in [2.05, 4.69) is 27.2 Å². The smallest absolute Gasteiger partial charge is 0.143 e. The van der Waals surface area contributed by atoms with Crippen LogP contribution >= 0.6 is 15.9 Å². The molecule has 5 heteroatoms. The molecule has 112 valence electrons. The highest BCUT2D eigenvalue weighted by molar-refractivity contribution is 9.10. The first-order valence-electron chi connectivity index (χ1n) is 6.80. The highest BCUT2D eigenvalue weighted by atomic mass is 79.9. The Labute approximate surface area is 138 Å². The Morgan fingerprint density at radius 1 is 1.27 bits per heavy atom. The van der Waals surface area contributed by atoms with Gasteiger partial charge in [0, 0.05) is 15.6 Å². The maximum atomic E-state index is 9.01. The summed E-state index contributed by atoms with van der Waals surface area (Å²) < 4.78 is 6.47. The minimum atomic E-state index is 0.248. The molecule has 2 aromatic rings. The SMILES string of the molecule is CCOc1ccc(Br)cc1/C=N\OCc1ccccc1C#N. The van der Waals surface area contributed by atoms with Crippen molar-refractivity contribution in [2.75, 3.05) is 6.61 Å². The first kappa shape index (κ1) is 16.1. The van der Waals surface area contributed by atoms with Crippen LogP contribution in [0.4, 0.5) is 0 Å². The third-order valence-electron chi connectivity index (χ3n) is 2.90. The third-order valence-corrected chi connectivity index (χ3v) is 3.39. The van der Waals surface area contributed by atoms with E-state index in [1.807, 2.05) is 43.3 Å². The Balaban J connectivity index is 2.04. The van der Waals surface area contributed by atoms with Gasteiger partial charge in [-0.05, 0) is 31.2 Å². The molecule has 0 spiro atoms. The molecule has 0 amide bonds. The predicted molar refractivity (Wildman–Crippen MR) is 88.9 cm³/mol. The van der Waals surface area contributed by atoms with Gasteiger partial charge in [-0.15, -0.1) is 0 Å². The van der Waals surface area contributed by atoms with Crippen LogP contribution in [0.5, 0.6) is 5.75 Å². The molecule has 0 heterocycles. The van der Waals surface area contributed by atoms with Crippen molar-refractivity contribution >= 4 is 22.1 Å². The van der Waals surface area contributed by atoms with E-state index in [1.54, 1.807) is 12.3 Å². The van der Waals surface area contributed by atoms with Crippen molar-refractivity contribution in [3.8, 4) is 11.8 Å². The second-order valence-electron chi connectivity index (χ2n) is 4.39. The molecule has 2 rings (SSSR count). The molecule has 0 aliphatic rings. The topological polar surface area (TPSA) is 54.6 Å². The van der Waals surface area contributed by atoms with Gasteiger partial charge in [-0.25, -0.2) is 0 Å². The summed E-state index contributed by atoms with van der Waals surface area (Å²) in [5.41, 5.74) is 2.22. The lowest BCUT2D eigenvalue weighted by Crippen LogP contribution is -1.97. The normalized spacial score (nSPS) is 10.4. The molecule has 4 nitrogen and oxygen atoms in total. The summed E-state index contributed by atoms with van der Waals surface area (Å²) in [6.45, 7) is 2.76. The number of nitriles is 1. The van der Waals surface area contributed by atoms with Gasteiger partial charge in [0.1, 0.15) is 12.4 Å². The molecular formula is C17H15BrN2O2. The maximum Gasteiger partial charge on any atom is 0.143 e. The zero-order chi connectivity index (χ0) is 15.8. The van der Waals surface area contributed by atoms with E-state index >= 15 is 0 Å². The third kappa shape index (κ3) is 4.34. The molecule has 0 N–H and O–H groups in total. The number of hydrogen-bond donors (Lipinski definition) is 0. The molecule has 0 saturated carbocycles. The highest BCUT2D eigenvalue weighted by Crippen LogP contribution is 2.22. The number of benzene rings is 2. The minimum Gasteiger partial charge on any atom is -0.493 e. The molecule has 0 unspecified atom stereocenters. The van der Waals surface area contributed by atoms with Gasteiger partial charge in [0.15, 0.2) is 0 Å². The number of hydrogen-bond acceptors (Lipinski definition) is 4. The van der Waals surface area contributed by atoms with E-state index in [9.17, 15) is 0 Å². The molecule has 0 aliphatic heterocycles. The quantitative estimate of drug-likeness (QED) is 0.572. The number of nitrogens with zero attached hydrogens (tertiary/aromatic N) is 2. The summed E-state index contributed by atoms with van der Waals surface area (Å²) in [4.78, 5) is 5.29. The second kappa shape index (κ2) is 8.20. The van der Waals surface area contributed by atoms with E-state index in [0.29, 0.717) is 12.2 Å². The molecule has 0 aromatic heterocycles. The number of oxime groups is 1. The van der Waals surface area contributed by atoms with Crippen LogP contribution in [-0.4, -0.2) is 12.8 Å². The van der Waals surface area contributed by atoms with Crippen LogP contribution in [0.15, 0.2) is 52.1 Å². The Bertz CT molecular complexity index is 708. The summed E-state index contributed by atoms with van der Waals surface area (Å²) in [5.74, 6) is 0.746. The van der Waals surface area contributed by atoms with E-state index in [1.165, 1.54) is 0 Å². The summed E-state index contributed by atoms with van der Waals surface area (Å²) >= 11 is 3.42. The van der Waals surface area contributed by atoms with Crippen molar-refractivity contribution in [3.63, 3.8) is 0 Å². The molecule has 0 radical (unpaired) electrons. The lowest BCUT2D eigenvalue weighted by atomic mass is 10.1. The number of ether oxygens (including phenoxy) is 1. The van der Waals surface area contributed by atoms with Crippen molar-refractivity contribution in [1.82, 2.24) is 0 Å². The molecule has 0 bridgehead atoms. The minimum absolute atomic E-state index is 0.248. The summed E-state index contributed by atoms with van der Waals surface area (Å²) in [6.07, 6.45) is 1.60. The Kier molecular flexibility index (Phi) is 5.99. The molecule has 0 fully saturated rings. The van der Waals surface area contributed by atoms with Gasteiger partial charge in [-0.1, -0.05) is 39.3 Å². The molecule has 0 saturated heterocycles. The van der Waals surface area contributed by atoms with Crippen molar-refractivity contribution in [2.45, 2.75) is 13.5 Å². The second-order valence-corrected chi connectivity index (χ2v) is 5.31. The Morgan fingerprint density at radius 2 is 2.09 bits per heavy atom. The number of halogens is 1. The molecular weight excluding hydrogens is 344 g/mol.